The second-order valence-corrected chi connectivity index (χ2v) is 7.83. The molecule has 1 aliphatic rings. The van der Waals surface area contributed by atoms with E-state index in [-0.39, 0.29) is 17.5 Å². The summed E-state index contributed by atoms with van der Waals surface area (Å²) >= 11 is 0. The van der Waals surface area contributed by atoms with Crippen molar-refractivity contribution < 1.29 is 8.42 Å². The molecule has 0 amide bonds. The molecule has 6 heteroatoms. The van der Waals surface area contributed by atoms with Gasteiger partial charge in [0.25, 0.3) is 0 Å². The summed E-state index contributed by atoms with van der Waals surface area (Å²) in [6.45, 7) is 4.83. The highest BCUT2D eigenvalue weighted by Gasteiger charge is 2.28. The molecule has 2 rings (SSSR count). The van der Waals surface area contributed by atoms with Gasteiger partial charge in [-0.05, 0) is 31.4 Å². The SMILES string of the molecule is CN=C(NCc1ccc(C)cc1C)NC1CCS(=O)(=O)C1. The third kappa shape index (κ3) is 4.46. The van der Waals surface area contributed by atoms with E-state index in [1.54, 1.807) is 7.05 Å². The van der Waals surface area contributed by atoms with Gasteiger partial charge in [0.2, 0.25) is 0 Å². The zero-order valence-corrected chi connectivity index (χ0v) is 13.6. The van der Waals surface area contributed by atoms with Gasteiger partial charge in [0.1, 0.15) is 0 Å². The molecule has 1 aromatic carbocycles. The average molecular weight is 309 g/mol. The smallest absolute Gasteiger partial charge is 0.191 e. The lowest BCUT2D eigenvalue weighted by Gasteiger charge is -2.17. The van der Waals surface area contributed by atoms with Gasteiger partial charge in [0.15, 0.2) is 15.8 Å². The van der Waals surface area contributed by atoms with Crippen molar-refractivity contribution in [2.45, 2.75) is 32.9 Å². The van der Waals surface area contributed by atoms with Crippen LogP contribution in [0.25, 0.3) is 0 Å². The lowest BCUT2D eigenvalue weighted by atomic mass is 10.1. The Balaban J connectivity index is 1.91. The minimum Gasteiger partial charge on any atom is -0.353 e. The largest absolute Gasteiger partial charge is 0.353 e. The van der Waals surface area contributed by atoms with Crippen LogP contribution in [0, 0.1) is 13.8 Å². The summed E-state index contributed by atoms with van der Waals surface area (Å²) in [5.41, 5.74) is 3.69. The molecule has 1 heterocycles. The van der Waals surface area contributed by atoms with Gasteiger partial charge in [-0.3, -0.25) is 4.99 Å². The van der Waals surface area contributed by atoms with E-state index in [0.717, 1.165) is 0 Å². The highest BCUT2D eigenvalue weighted by Crippen LogP contribution is 2.12. The molecule has 0 saturated carbocycles. The molecule has 0 radical (unpaired) electrons. The first-order chi connectivity index (χ1) is 9.89. The van der Waals surface area contributed by atoms with E-state index in [9.17, 15) is 8.42 Å². The first-order valence-electron chi connectivity index (χ1n) is 7.13. The minimum atomic E-state index is -2.87. The maximum Gasteiger partial charge on any atom is 0.191 e. The van der Waals surface area contributed by atoms with Gasteiger partial charge in [-0.1, -0.05) is 23.8 Å². The number of nitrogens with zero attached hydrogens (tertiary/aromatic N) is 1. The van der Waals surface area contributed by atoms with Crippen LogP contribution in [-0.4, -0.2) is 39.0 Å². The van der Waals surface area contributed by atoms with E-state index in [4.69, 9.17) is 0 Å². The molecule has 1 atom stereocenters. The Morgan fingerprint density at radius 3 is 2.71 bits per heavy atom. The highest BCUT2D eigenvalue weighted by atomic mass is 32.2. The topological polar surface area (TPSA) is 70.6 Å². The molecule has 2 N–H and O–H groups in total. The number of aryl methyl sites for hydroxylation is 2. The second kappa shape index (κ2) is 6.47. The standard InChI is InChI=1S/C15H23N3O2S/c1-11-4-5-13(12(2)8-11)9-17-15(16-3)18-14-6-7-21(19,20)10-14/h4-5,8,14H,6-7,9-10H2,1-3H3,(H2,16,17,18). The Bertz CT molecular complexity index is 638. The number of hydrogen-bond acceptors (Lipinski definition) is 3. The van der Waals surface area contributed by atoms with Crippen molar-refractivity contribution in [3.05, 3.63) is 34.9 Å². The van der Waals surface area contributed by atoms with Crippen LogP contribution >= 0.6 is 0 Å². The zero-order valence-electron chi connectivity index (χ0n) is 12.8. The van der Waals surface area contributed by atoms with E-state index < -0.39 is 9.84 Å². The van der Waals surface area contributed by atoms with Crippen LogP contribution in [0.2, 0.25) is 0 Å². The molecule has 1 fully saturated rings. The number of sulfone groups is 1. The van der Waals surface area contributed by atoms with Gasteiger partial charge >= 0.3 is 0 Å². The molecule has 1 unspecified atom stereocenters. The monoisotopic (exact) mass is 309 g/mol. The van der Waals surface area contributed by atoms with E-state index in [1.807, 2.05) is 0 Å². The molecule has 5 nitrogen and oxygen atoms in total. The van der Waals surface area contributed by atoms with Gasteiger partial charge in [0.05, 0.1) is 11.5 Å². The number of guanidine groups is 1. The number of nitrogens with one attached hydrogen (secondary N) is 2. The third-order valence-corrected chi connectivity index (χ3v) is 5.51. The molecule has 0 aromatic heterocycles. The number of rotatable bonds is 3. The second-order valence-electron chi connectivity index (χ2n) is 5.60. The van der Waals surface area contributed by atoms with Crippen LogP contribution in [0.3, 0.4) is 0 Å². The van der Waals surface area contributed by atoms with Crippen LogP contribution in [0.4, 0.5) is 0 Å². The lowest BCUT2D eigenvalue weighted by molar-refractivity contribution is 0.599. The third-order valence-electron chi connectivity index (χ3n) is 3.74. The van der Waals surface area contributed by atoms with Crippen LogP contribution in [0.15, 0.2) is 23.2 Å². The summed E-state index contributed by atoms with van der Waals surface area (Å²) in [4.78, 5) is 4.16. The molecule has 0 bridgehead atoms. The van der Waals surface area contributed by atoms with Gasteiger partial charge in [0, 0.05) is 19.6 Å². The predicted octanol–water partition coefficient (Wildman–Crippen LogP) is 1.16. The first-order valence-corrected chi connectivity index (χ1v) is 8.95. The lowest BCUT2D eigenvalue weighted by Crippen LogP contribution is -2.43. The highest BCUT2D eigenvalue weighted by molar-refractivity contribution is 7.91. The molecule has 116 valence electrons. The van der Waals surface area contributed by atoms with Crippen molar-refractivity contribution in [2.24, 2.45) is 4.99 Å². The number of benzene rings is 1. The molecule has 1 aliphatic heterocycles. The Hall–Kier alpha value is -1.56. The summed E-state index contributed by atoms with van der Waals surface area (Å²) in [7, 11) is -1.18. The van der Waals surface area contributed by atoms with Gasteiger partial charge in [-0.2, -0.15) is 0 Å². The van der Waals surface area contributed by atoms with Crippen LogP contribution in [0.5, 0.6) is 0 Å². The van der Waals surface area contributed by atoms with E-state index in [2.05, 4.69) is 47.7 Å². The normalized spacial score (nSPS) is 21.3. The molecular formula is C15H23N3O2S. The fraction of sp³-hybridized carbons (Fsp3) is 0.533. The van der Waals surface area contributed by atoms with Crippen LogP contribution in [0.1, 0.15) is 23.1 Å². The van der Waals surface area contributed by atoms with E-state index in [0.29, 0.717) is 18.9 Å². The molecular weight excluding hydrogens is 286 g/mol. The van der Waals surface area contributed by atoms with Crippen molar-refractivity contribution in [1.82, 2.24) is 10.6 Å². The van der Waals surface area contributed by atoms with Crippen molar-refractivity contribution >= 4 is 15.8 Å². The zero-order chi connectivity index (χ0) is 15.5. The predicted molar refractivity (Wildman–Crippen MR) is 86.3 cm³/mol. The van der Waals surface area contributed by atoms with Crippen LogP contribution < -0.4 is 10.6 Å². The fourth-order valence-electron chi connectivity index (χ4n) is 2.52. The Kier molecular flexibility index (Phi) is 4.88. The van der Waals surface area contributed by atoms with E-state index >= 15 is 0 Å². The minimum absolute atomic E-state index is 0.0414. The maximum atomic E-state index is 11.5. The average Bonchev–Trinajstić information content (AvgIpc) is 2.75. The summed E-state index contributed by atoms with van der Waals surface area (Å²) in [6.07, 6.45) is 0.645. The summed E-state index contributed by atoms with van der Waals surface area (Å²) in [5, 5.41) is 6.43. The Morgan fingerprint density at radius 2 is 2.14 bits per heavy atom. The Labute approximate surface area is 126 Å². The quantitative estimate of drug-likeness (QED) is 0.649. The summed E-state index contributed by atoms with van der Waals surface area (Å²) in [6, 6.07) is 6.30. The fourth-order valence-corrected chi connectivity index (χ4v) is 4.19. The van der Waals surface area contributed by atoms with Crippen molar-refractivity contribution in [3.63, 3.8) is 0 Å². The summed E-state index contributed by atoms with van der Waals surface area (Å²) < 4.78 is 22.9. The maximum absolute atomic E-state index is 11.5. The number of hydrogen-bond donors (Lipinski definition) is 2. The number of aliphatic imine (C=N–C) groups is 1. The van der Waals surface area contributed by atoms with Gasteiger partial charge in [-0.15, -0.1) is 0 Å². The molecule has 1 saturated heterocycles. The van der Waals surface area contributed by atoms with Gasteiger partial charge < -0.3 is 10.6 Å². The van der Waals surface area contributed by atoms with Crippen molar-refractivity contribution in [2.75, 3.05) is 18.6 Å². The summed E-state index contributed by atoms with van der Waals surface area (Å²) in [5.74, 6) is 1.10. The molecule has 0 spiro atoms. The first kappa shape index (κ1) is 15.8. The Morgan fingerprint density at radius 1 is 1.38 bits per heavy atom. The van der Waals surface area contributed by atoms with Gasteiger partial charge in [-0.25, -0.2) is 8.42 Å². The molecule has 21 heavy (non-hydrogen) atoms. The van der Waals surface area contributed by atoms with Crippen LogP contribution in [-0.2, 0) is 16.4 Å². The van der Waals surface area contributed by atoms with Crippen molar-refractivity contribution in [1.29, 1.82) is 0 Å². The molecule has 1 aromatic rings. The molecule has 0 aliphatic carbocycles. The van der Waals surface area contributed by atoms with Crippen molar-refractivity contribution in [3.8, 4) is 0 Å². The van der Waals surface area contributed by atoms with E-state index in [1.165, 1.54) is 16.7 Å².